The molecule has 0 unspecified atom stereocenters. The summed E-state index contributed by atoms with van der Waals surface area (Å²) in [6.45, 7) is 4.58. The third-order valence-electron chi connectivity index (χ3n) is 4.00. The lowest BCUT2D eigenvalue weighted by Gasteiger charge is -2.23. The fourth-order valence-electron chi connectivity index (χ4n) is 2.66. The van der Waals surface area contributed by atoms with Crippen LogP contribution in [0.25, 0.3) is 0 Å². The molecule has 20 heavy (non-hydrogen) atoms. The summed E-state index contributed by atoms with van der Waals surface area (Å²) in [5.74, 6) is 0.899. The van der Waals surface area contributed by atoms with Crippen LogP contribution in [0.2, 0.25) is 0 Å². The van der Waals surface area contributed by atoms with E-state index in [1.54, 1.807) is 0 Å². The van der Waals surface area contributed by atoms with Crippen molar-refractivity contribution in [3.05, 3.63) is 29.3 Å². The molecule has 1 aliphatic rings. The van der Waals surface area contributed by atoms with E-state index in [0.29, 0.717) is 6.61 Å². The second-order valence-corrected chi connectivity index (χ2v) is 6.31. The summed E-state index contributed by atoms with van der Waals surface area (Å²) in [6.07, 6.45) is 5.11. The Morgan fingerprint density at radius 1 is 1.45 bits per heavy atom. The molecule has 2 rings (SSSR count). The van der Waals surface area contributed by atoms with Crippen molar-refractivity contribution in [2.24, 2.45) is 11.1 Å². The normalized spacial score (nSPS) is 18.2. The first-order valence-electron chi connectivity index (χ1n) is 7.44. The molecule has 2 N–H and O–H groups in total. The standard InChI is InChI=1S/C17H24N2O/c1-17(2,12-18)9-4-10-20-14-8-7-13-5-3-6-16(19)15(13)11-14/h7-8,11,16H,3-6,9-10,19H2,1-2H3/t16-/m1/s1. The third kappa shape index (κ3) is 3.74. The van der Waals surface area contributed by atoms with Crippen LogP contribution in [0.1, 0.15) is 56.7 Å². The molecule has 0 bridgehead atoms. The summed E-state index contributed by atoms with van der Waals surface area (Å²) in [7, 11) is 0. The van der Waals surface area contributed by atoms with Crippen molar-refractivity contribution >= 4 is 0 Å². The molecule has 0 spiro atoms. The summed E-state index contributed by atoms with van der Waals surface area (Å²) >= 11 is 0. The van der Waals surface area contributed by atoms with E-state index in [0.717, 1.165) is 31.4 Å². The smallest absolute Gasteiger partial charge is 0.119 e. The van der Waals surface area contributed by atoms with Crippen molar-refractivity contribution in [1.29, 1.82) is 5.26 Å². The van der Waals surface area contributed by atoms with Gasteiger partial charge in [-0.25, -0.2) is 0 Å². The van der Waals surface area contributed by atoms with Crippen LogP contribution >= 0.6 is 0 Å². The molecule has 3 heteroatoms. The van der Waals surface area contributed by atoms with Gasteiger partial charge in [-0.15, -0.1) is 0 Å². The van der Waals surface area contributed by atoms with Gasteiger partial charge in [-0.3, -0.25) is 0 Å². The molecule has 1 atom stereocenters. The molecule has 0 saturated carbocycles. The first-order chi connectivity index (χ1) is 9.52. The first-order valence-corrected chi connectivity index (χ1v) is 7.44. The Morgan fingerprint density at radius 3 is 3.00 bits per heavy atom. The minimum atomic E-state index is -0.262. The Hall–Kier alpha value is -1.53. The number of nitrogens with zero attached hydrogens (tertiary/aromatic N) is 1. The van der Waals surface area contributed by atoms with Crippen LogP contribution in [0.5, 0.6) is 5.75 Å². The molecular weight excluding hydrogens is 248 g/mol. The highest BCUT2D eigenvalue weighted by atomic mass is 16.5. The number of hydrogen-bond acceptors (Lipinski definition) is 3. The fraction of sp³-hybridized carbons (Fsp3) is 0.588. The Labute approximate surface area is 121 Å². The molecule has 3 nitrogen and oxygen atoms in total. The molecule has 1 aromatic carbocycles. The van der Waals surface area contributed by atoms with E-state index in [-0.39, 0.29) is 11.5 Å². The summed E-state index contributed by atoms with van der Waals surface area (Å²) in [4.78, 5) is 0. The lowest BCUT2D eigenvalue weighted by atomic mass is 9.88. The van der Waals surface area contributed by atoms with Gasteiger partial charge in [0.05, 0.1) is 18.1 Å². The van der Waals surface area contributed by atoms with Gasteiger partial charge in [0.1, 0.15) is 5.75 Å². The molecule has 1 aromatic rings. The Bertz CT molecular complexity index is 502. The zero-order chi connectivity index (χ0) is 14.6. The number of ether oxygens (including phenoxy) is 1. The zero-order valence-electron chi connectivity index (χ0n) is 12.5. The number of hydrogen-bond donors (Lipinski definition) is 1. The Kier molecular flexibility index (Phi) is 4.67. The second-order valence-electron chi connectivity index (χ2n) is 6.31. The highest BCUT2D eigenvalue weighted by Crippen LogP contribution is 2.31. The Morgan fingerprint density at radius 2 is 2.25 bits per heavy atom. The van der Waals surface area contributed by atoms with Gasteiger partial charge in [-0.2, -0.15) is 5.26 Å². The summed E-state index contributed by atoms with van der Waals surface area (Å²) < 4.78 is 5.80. The van der Waals surface area contributed by atoms with Crippen molar-refractivity contribution in [3.8, 4) is 11.8 Å². The van der Waals surface area contributed by atoms with E-state index >= 15 is 0 Å². The van der Waals surface area contributed by atoms with Crippen molar-refractivity contribution in [3.63, 3.8) is 0 Å². The molecule has 0 amide bonds. The van der Waals surface area contributed by atoms with Crippen LogP contribution in [-0.4, -0.2) is 6.61 Å². The topological polar surface area (TPSA) is 59.0 Å². The van der Waals surface area contributed by atoms with E-state index in [1.165, 1.54) is 17.5 Å². The molecule has 0 heterocycles. The van der Waals surface area contributed by atoms with E-state index in [1.807, 2.05) is 19.9 Å². The van der Waals surface area contributed by atoms with Crippen LogP contribution in [-0.2, 0) is 6.42 Å². The third-order valence-corrected chi connectivity index (χ3v) is 4.00. The number of nitrogens with two attached hydrogens (primary N) is 1. The quantitative estimate of drug-likeness (QED) is 0.831. The van der Waals surface area contributed by atoms with E-state index < -0.39 is 0 Å². The highest BCUT2D eigenvalue weighted by Gasteiger charge is 2.18. The van der Waals surface area contributed by atoms with Gasteiger partial charge >= 0.3 is 0 Å². The lowest BCUT2D eigenvalue weighted by Crippen LogP contribution is -2.17. The zero-order valence-corrected chi connectivity index (χ0v) is 12.5. The van der Waals surface area contributed by atoms with Gasteiger partial charge in [0.2, 0.25) is 0 Å². The average molecular weight is 272 g/mol. The maximum absolute atomic E-state index is 8.97. The molecule has 1 aliphatic carbocycles. The minimum absolute atomic E-state index is 0.153. The van der Waals surface area contributed by atoms with Gasteiger partial charge in [-0.05, 0) is 69.2 Å². The van der Waals surface area contributed by atoms with Gasteiger partial charge in [0.25, 0.3) is 0 Å². The van der Waals surface area contributed by atoms with E-state index in [4.69, 9.17) is 15.7 Å². The number of aryl methyl sites for hydroxylation is 1. The predicted molar refractivity (Wildman–Crippen MR) is 80.4 cm³/mol. The first kappa shape index (κ1) is 14.9. The van der Waals surface area contributed by atoms with Crippen LogP contribution < -0.4 is 10.5 Å². The van der Waals surface area contributed by atoms with Crippen LogP contribution in [0.15, 0.2) is 18.2 Å². The van der Waals surface area contributed by atoms with Crippen molar-refractivity contribution in [1.82, 2.24) is 0 Å². The molecule has 0 aliphatic heterocycles. The fourth-order valence-corrected chi connectivity index (χ4v) is 2.66. The second kappa shape index (κ2) is 6.28. The van der Waals surface area contributed by atoms with Crippen LogP contribution in [0.3, 0.4) is 0 Å². The summed E-state index contributed by atoms with van der Waals surface area (Å²) in [5.41, 5.74) is 8.50. The molecule has 0 aromatic heterocycles. The van der Waals surface area contributed by atoms with Crippen LogP contribution in [0.4, 0.5) is 0 Å². The van der Waals surface area contributed by atoms with E-state index in [9.17, 15) is 0 Å². The van der Waals surface area contributed by atoms with Gasteiger partial charge in [-0.1, -0.05) is 6.07 Å². The predicted octanol–water partition coefficient (Wildman–Crippen LogP) is 3.73. The number of fused-ring (bicyclic) bond motifs is 1. The maximum atomic E-state index is 8.97. The SMILES string of the molecule is CC(C)(C#N)CCCOc1ccc2c(c1)[C@H](N)CCC2. The Balaban J connectivity index is 1.88. The molecule has 0 radical (unpaired) electrons. The minimum Gasteiger partial charge on any atom is -0.494 e. The average Bonchev–Trinajstić information content (AvgIpc) is 2.44. The molecule has 0 fully saturated rings. The largest absolute Gasteiger partial charge is 0.494 e. The monoisotopic (exact) mass is 272 g/mol. The van der Waals surface area contributed by atoms with Crippen molar-refractivity contribution in [2.45, 2.75) is 52.0 Å². The van der Waals surface area contributed by atoms with Crippen LogP contribution in [0, 0.1) is 16.7 Å². The maximum Gasteiger partial charge on any atom is 0.119 e. The van der Waals surface area contributed by atoms with Crippen molar-refractivity contribution in [2.75, 3.05) is 6.61 Å². The molecule has 108 valence electrons. The lowest BCUT2D eigenvalue weighted by molar-refractivity contribution is 0.283. The molecule has 0 saturated heterocycles. The number of benzene rings is 1. The summed E-state index contributed by atoms with van der Waals surface area (Å²) in [5, 5.41) is 8.97. The summed E-state index contributed by atoms with van der Waals surface area (Å²) in [6, 6.07) is 8.73. The molecular formula is C17H24N2O. The van der Waals surface area contributed by atoms with Gasteiger partial charge < -0.3 is 10.5 Å². The van der Waals surface area contributed by atoms with E-state index in [2.05, 4.69) is 18.2 Å². The van der Waals surface area contributed by atoms with Gasteiger partial charge in [0.15, 0.2) is 0 Å². The number of nitriles is 1. The highest BCUT2D eigenvalue weighted by molar-refractivity contribution is 5.39. The van der Waals surface area contributed by atoms with Gasteiger partial charge in [0, 0.05) is 6.04 Å². The number of rotatable bonds is 5. The van der Waals surface area contributed by atoms with Crippen molar-refractivity contribution < 1.29 is 4.74 Å².